The second kappa shape index (κ2) is 6.72. The van der Waals surface area contributed by atoms with Gasteiger partial charge < -0.3 is 15.4 Å². The van der Waals surface area contributed by atoms with Crippen LogP contribution in [0.15, 0.2) is 18.2 Å². The maximum atomic E-state index is 11.7. The molecule has 110 valence electrons. The molecule has 0 aliphatic heterocycles. The van der Waals surface area contributed by atoms with Crippen LogP contribution in [0.3, 0.4) is 0 Å². The van der Waals surface area contributed by atoms with E-state index >= 15 is 0 Å². The number of anilines is 2. The molecule has 6 heteroatoms. The normalized spacial score (nSPS) is 11.1. The highest BCUT2D eigenvalue weighted by molar-refractivity contribution is 6.34. The van der Waals surface area contributed by atoms with E-state index in [1.807, 2.05) is 20.8 Å². The van der Waals surface area contributed by atoms with E-state index in [9.17, 15) is 9.59 Å². The Hall–Kier alpha value is -1.59. The molecule has 2 N–H and O–H groups in total. The summed E-state index contributed by atoms with van der Waals surface area (Å²) < 4.78 is 5.37. The maximum absolute atomic E-state index is 11.7. The SMILES string of the molecule is CC(=O)Nc1ccc(NC(=O)COC(C)(C)C)cc1Cl. The van der Waals surface area contributed by atoms with Crippen LogP contribution in [0.5, 0.6) is 0 Å². The molecule has 1 rings (SSSR count). The molecular formula is C14H19ClN2O3. The Morgan fingerprint density at radius 3 is 2.40 bits per heavy atom. The molecule has 0 aromatic heterocycles. The number of halogens is 1. The van der Waals surface area contributed by atoms with Gasteiger partial charge in [-0.1, -0.05) is 11.6 Å². The van der Waals surface area contributed by atoms with Gasteiger partial charge in [0.25, 0.3) is 0 Å². The summed E-state index contributed by atoms with van der Waals surface area (Å²) in [6, 6.07) is 4.86. The predicted molar refractivity (Wildman–Crippen MR) is 80.1 cm³/mol. The molecule has 0 saturated heterocycles. The fraction of sp³-hybridized carbons (Fsp3) is 0.429. The third-order valence-electron chi connectivity index (χ3n) is 2.20. The van der Waals surface area contributed by atoms with Gasteiger partial charge >= 0.3 is 0 Å². The van der Waals surface area contributed by atoms with Crippen LogP contribution in [-0.2, 0) is 14.3 Å². The van der Waals surface area contributed by atoms with Crippen molar-refractivity contribution in [2.45, 2.75) is 33.3 Å². The zero-order chi connectivity index (χ0) is 15.3. The van der Waals surface area contributed by atoms with Gasteiger partial charge in [0.2, 0.25) is 11.8 Å². The lowest BCUT2D eigenvalue weighted by molar-refractivity contribution is -0.125. The standard InChI is InChI=1S/C14H19ClN2O3/c1-9(18)16-12-6-5-10(7-11(12)15)17-13(19)8-20-14(2,3)4/h5-7H,8H2,1-4H3,(H,16,18)(H,17,19). The molecule has 0 spiro atoms. The summed E-state index contributed by atoms with van der Waals surface area (Å²) in [5, 5.41) is 5.62. The Morgan fingerprint density at radius 1 is 1.25 bits per heavy atom. The highest BCUT2D eigenvalue weighted by atomic mass is 35.5. The molecule has 0 aliphatic carbocycles. The summed E-state index contributed by atoms with van der Waals surface area (Å²) in [6.07, 6.45) is 0. The van der Waals surface area contributed by atoms with Gasteiger partial charge in [-0.15, -0.1) is 0 Å². The summed E-state index contributed by atoms with van der Waals surface area (Å²) in [7, 11) is 0. The Bertz CT molecular complexity index is 510. The van der Waals surface area contributed by atoms with Gasteiger partial charge in [-0.05, 0) is 39.0 Å². The molecule has 1 aromatic rings. The van der Waals surface area contributed by atoms with Crippen molar-refractivity contribution in [3.8, 4) is 0 Å². The van der Waals surface area contributed by atoms with E-state index in [0.717, 1.165) is 0 Å². The van der Waals surface area contributed by atoms with E-state index in [1.54, 1.807) is 18.2 Å². The van der Waals surface area contributed by atoms with Crippen molar-refractivity contribution in [2.24, 2.45) is 0 Å². The van der Waals surface area contributed by atoms with Crippen molar-refractivity contribution >= 4 is 34.8 Å². The maximum Gasteiger partial charge on any atom is 0.250 e. The van der Waals surface area contributed by atoms with Crippen molar-refractivity contribution in [1.82, 2.24) is 0 Å². The van der Waals surface area contributed by atoms with Crippen LogP contribution < -0.4 is 10.6 Å². The summed E-state index contributed by atoms with van der Waals surface area (Å²) >= 11 is 6.01. The lowest BCUT2D eigenvalue weighted by atomic mass is 10.2. The lowest BCUT2D eigenvalue weighted by Gasteiger charge is -2.19. The number of rotatable bonds is 4. The first-order valence-electron chi connectivity index (χ1n) is 6.18. The Labute approximate surface area is 123 Å². The van der Waals surface area contributed by atoms with E-state index in [4.69, 9.17) is 16.3 Å². The van der Waals surface area contributed by atoms with Gasteiger partial charge in [0.1, 0.15) is 6.61 Å². The van der Waals surface area contributed by atoms with Crippen molar-refractivity contribution in [3.63, 3.8) is 0 Å². The molecule has 0 unspecified atom stereocenters. The summed E-state index contributed by atoms with van der Waals surface area (Å²) in [5.74, 6) is -0.467. The fourth-order valence-corrected chi connectivity index (χ4v) is 1.59. The van der Waals surface area contributed by atoms with Crippen molar-refractivity contribution in [2.75, 3.05) is 17.2 Å². The largest absolute Gasteiger partial charge is 0.366 e. The molecule has 1 aromatic carbocycles. The van der Waals surface area contributed by atoms with Crippen LogP contribution in [0, 0.1) is 0 Å². The number of nitrogens with one attached hydrogen (secondary N) is 2. The second-order valence-electron chi connectivity index (χ2n) is 5.33. The molecule has 20 heavy (non-hydrogen) atoms. The molecule has 0 saturated carbocycles. The fourth-order valence-electron chi connectivity index (χ4n) is 1.36. The van der Waals surface area contributed by atoms with E-state index in [1.165, 1.54) is 6.92 Å². The van der Waals surface area contributed by atoms with Gasteiger partial charge in [0, 0.05) is 12.6 Å². The number of ether oxygens (including phenoxy) is 1. The lowest BCUT2D eigenvalue weighted by Crippen LogP contribution is -2.27. The van der Waals surface area contributed by atoms with E-state index in [-0.39, 0.29) is 24.0 Å². The third kappa shape index (κ3) is 6.04. The average Bonchev–Trinajstić information content (AvgIpc) is 2.29. The number of hydrogen-bond donors (Lipinski definition) is 2. The quantitative estimate of drug-likeness (QED) is 0.898. The zero-order valence-corrected chi connectivity index (χ0v) is 12.8. The predicted octanol–water partition coefficient (Wildman–Crippen LogP) is 3.05. The minimum atomic E-state index is -0.371. The highest BCUT2D eigenvalue weighted by Crippen LogP contribution is 2.25. The first-order valence-corrected chi connectivity index (χ1v) is 6.56. The van der Waals surface area contributed by atoms with Crippen molar-refractivity contribution < 1.29 is 14.3 Å². The van der Waals surface area contributed by atoms with Gasteiger partial charge in [-0.3, -0.25) is 9.59 Å². The monoisotopic (exact) mass is 298 g/mol. The summed E-state index contributed by atoms with van der Waals surface area (Å²) in [4.78, 5) is 22.6. The minimum absolute atomic E-state index is 0.0332. The number of hydrogen-bond acceptors (Lipinski definition) is 3. The van der Waals surface area contributed by atoms with E-state index in [2.05, 4.69) is 10.6 Å². The molecule has 0 radical (unpaired) electrons. The Kier molecular flexibility index (Phi) is 5.53. The van der Waals surface area contributed by atoms with Crippen molar-refractivity contribution in [3.05, 3.63) is 23.2 Å². The number of benzene rings is 1. The van der Waals surface area contributed by atoms with Crippen molar-refractivity contribution in [1.29, 1.82) is 0 Å². The van der Waals surface area contributed by atoms with Crippen LogP contribution in [0.25, 0.3) is 0 Å². The molecular weight excluding hydrogens is 280 g/mol. The zero-order valence-electron chi connectivity index (χ0n) is 12.0. The van der Waals surface area contributed by atoms with Crippen LogP contribution >= 0.6 is 11.6 Å². The smallest absolute Gasteiger partial charge is 0.250 e. The molecule has 0 atom stereocenters. The molecule has 0 aliphatic rings. The summed E-state index contributed by atoms with van der Waals surface area (Å²) in [5.41, 5.74) is 0.680. The van der Waals surface area contributed by atoms with Gasteiger partial charge in [-0.25, -0.2) is 0 Å². The molecule has 0 heterocycles. The van der Waals surface area contributed by atoms with Crippen LogP contribution in [0.4, 0.5) is 11.4 Å². The van der Waals surface area contributed by atoms with Gasteiger partial charge in [-0.2, -0.15) is 0 Å². The molecule has 0 bridgehead atoms. The van der Waals surface area contributed by atoms with E-state index in [0.29, 0.717) is 16.4 Å². The van der Waals surface area contributed by atoms with Gasteiger partial charge in [0.15, 0.2) is 0 Å². The average molecular weight is 299 g/mol. The van der Waals surface area contributed by atoms with Crippen LogP contribution in [-0.4, -0.2) is 24.0 Å². The van der Waals surface area contributed by atoms with Gasteiger partial charge in [0.05, 0.1) is 16.3 Å². The first-order chi connectivity index (χ1) is 9.17. The second-order valence-corrected chi connectivity index (χ2v) is 5.73. The first kappa shape index (κ1) is 16.5. The summed E-state index contributed by atoms with van der Waals surface area (Å²) in [6.45, 7) is 6.99. The third-order valence-corrected chi connectivity index (χ3v) is 2.51. The molecule has 2 amide bonds. The topological polar surface area (TPSA) is 67.4 Å². The number of carbonyl (C=O) groups excluding carboxylic acids is 2. The minimum Gasteiger partial charge on any atom is -0.366 e. The van der Waals surface area contributed by atoms with Crippen LogP contribution in [0.1, 0.15) is 27.7 Å². The highest BCUT2D eigenvalue weighted by Gasteiger charge is 2.13. The Morgan fingerprint density at radius 2 is 1.90 bits per heavy atom. The molecule has 0 fully saturated rings. The van der Waals surface area contributed by atoms with Crippen LogP contribution in [0.2, 0.25) is 5.02 Å². The van der Waals surface area contributed by atoms with E-state index < -0.39 is 0 Å². The number of carbonyl (C=O) groups is 2. The number of amides is 2. The molecule has 5 nitrogen and oxygen atoms in total. The Balaban J connectivity index is 2.63.